The van der Waals surface area contributed by atoms with Crippen LogP contribution in [-0.2, 0) is 0 Å². The monoisotopic (exact) mass is 261 g/mol. The smallest absolute Gasteiger partial charge is 0.318 e. The molecule has 19 heavy (non-hydrogen) atoms. The first kappa shape index (κ1) is 13.9. The average Bonchev–Trinajstić information content (AvgIpc) is 2.71. The van der Waals surface area contributed by atoms with Crippen molar-refractivity contribution >= 4 is 6.03 Å². The van der Waals surface area contributed by atoms with Crippen molar-refractivity contribution in [2.24, 2.45) is 11.1 Å². The molecule has 1 fully saturated rings. The molecule has 1 aromatic carbocycles. The summed E-state index contributed by atoms with van der Waals surface area (Å²) in [5.74, 6) is 0. The van der Waals surface area contributed by atoms with E-state index in [2.05, 4.69) is 50.4 Å². The van der Waals surface area contributed by atoms with Crippen molar-refractivity contribution in [1.29, 1.82) is 0 Å². The summed E-state index contributed by atoms with van der Waals surface area (Å²) in [4.78, 5) is 13.9. The van der Waals surface area contributed by atoms with E-state index in [-0.39, 0.29) is 17.5 Å². The third kappa shape index (κ3) is 3.26. The van der Waals surface area contributed by atoms with Crippen LogP contribution in [0.25, 0.3) is 0 Å². The molecule has 4 nitrogen and oxygen atoms in total. The largest absolute Gasteiger partial charge is 0.330 e. The lowest BCUT2D eigenvalue weighted by atomic mass is 9.93. The fourth-order valence-corrected chi connectivity index (χ4v) is 2.29. The molecule has 2 amide bonds. The zero-order valence-electron chi connectivity index (χ0n) is 11.9. The van der Waals surface area contributed by atoms with E-state index in [0.717, 1.165) is 5.56 Å². The number of carbonyl (C=O) groups excluding carboxylic acids is 1. The molecular weight excluding hydrogens is 238 g/mol. The van der Waals surface area contributed by atoms with Crippen LogP contribution >= 0.6 is 0 Å². The minimum atomic E-state index is -0.0422. The number of amides is 2. The normalized spacial score (nSPS) is 19.7. The molecule has 1 aromatic rings. The summed E-state index contributed by atoms with van der Waals surface area (Å²) in [5, 5.41) is 3.03. The first-order valence-corrected chi connectivity index (χ1v) is 6.73. The average molecular weight is 261 g/mol. The van der Waals surface area contributed by atoms with Crippen LogP contribution < -0.4 is 11.1 Å². The molecule has 1 saturated heterocycles. The van der Waals surface area contributed by atoms with Crippen LogP contribution in [0.3, 0.4) is 0 Å². The van der Waals surface area contributed by atoms with Gasteiger partial charge in [-0.3, -0.25) is 0 Å². The standard InChI is InChI=1S/C15H23N3O/c1-11-4-6-12(7-5-11)13-8-18(14(19)17-13)10-15(2,3)9-16/h4-7,13H,8-10,16H2,1-3H3,(H,17,19). The van der Waals surface area contributed by atoms with E-state index in [4.69, 9.17) is 5.73 Å². The summed E-state index contributed by atoms with van der Waals surface area (Å²) >= 11 is 0. The lowest BCUT2D eigenvalue weighted by molar-refractivity contribution is 0.191. The number of hydrogen-bond donors (Lipinski definition) is 2. The maximum Gasteiger partial charge on any atom is 0.318 e. The van der Waals surface area contributed by atoms with Crippen molar-refractivity contribution in [3.63, 3.8) is 0 Å². The van der Waals surface area contributed by atoms with Gasteiger partial charge in [0.05, 0.1) is 6.04 Å². The molecule has 2 rings (SSSR count). The molecule has 1 unspecified atom stereocenters. The van der Waals surface area contributed by atoms with Gasteiger partial charge in [0.2, 0.25) is 0 Å². The molecule has 0 saturated carbocycles. The number of urea groups is 1. The maximum absolute atomic E-state index is 12.0. The highest BCUT2D eigenvalue weighted by Crippen LogP contribution is 2.24. The predicted molar refractivity (Wildman–Crippen MR) is 76.9 cm³/mol. The molecule has 1 heterocycles. The Kier molecular flexibility index (Phi) is 3.80. The van der Waals surface area contributed by atoms with Gasteiger partial charge in [0, 0.05) is 13.1 Å². The van der Waals surface area contributed by atoms with E-state index in [1.165, 1.54) is 5.56 Å². The summed E-state index contributed by atoms with van der Waals surface area (Å²) in [6.07, 6.45) is 0. The third-order valence-corrected chi connectivity index (χ3v) is 3.64. The van der Waals surface area contributed by atoms with Crippen LogP contribution in [0, 0.1) is 12.3 Å². The number of aryl methyl sites for hydroxylation is 1. The van der Waals surface area contributed by atoms with Crippen LogP contribution in [0.5, 0.6) is 0 Å². The van der Waals surface area contributed by atoms with E-state index in [9.17, 15) is 4.79 Å². The van der Waals surface area contributed by atoms with E-state index >= 15 is 0 Å². The van der Waals surface area contributed by atoms with Crippen molar-refractivity contribution in [2.45, 2.75) is 26.8 Å². The predicted octanol–water partition coefficient (Wildman–Crippen LogP) is 2.05. The van der Waals surface area contributed by atoms with Gasteiger partial charge in [-0.1, -0.05) is 43.7 Å². The Labute approximate surface area is 115 Å². The van der Waals surface area contributed by atoms with E-state index in [1.54, 1.807) is 0 Å². The Balaban J connectivity index is 2.05. The zero-order chi connectivity index (χ0) is 14.0. The Hall–Kier alpha value is -1.55. The number of nitrogens with zero attached hydrogens (tertiary/aromatic N) is 1. The molecule has 0 radical (unpaired) electrons. The molecule has 1 aliphatic heterocycles. The van der Waals surface area contributed by atoms with Gasteiger partial charge in [-0.15, -0.1) is 0 Å². The number of rotatable bonds is 4. The first-order chi connectivity index (χ1) is 8.91. The molecule has 3 N–H and O–H groups in total. The van der Waals surface area contributed by atoms with Crippen LogP contribution in [0.2, 0.25) is 0 Å². The molecule has 4 heteroatoms. The summed E-state index contributed by atoms with van der Waals surface area (Å²) in [7, 11) is 0. The summed E-state index contributed by atoms with van der Waals surface area (Å²) in [6, 6.07) is 8.41. The molecule has 1 atom stereocenters. The fraction of sp³-hybridized carbons (Fsp3) is 0.533. The topological polar surface area (TPSA) is 58.4 Å². The zero-order valence-corrected chi connectivity index (χ0v) is 11.9. The Morgan fingerprint density at radius 1 is 1.37 bits per heavy atom. The van der Waals surface area contributed by atoms with Crippen LogP contribution in [-0.4, -0.2) is 30.6 Å². The van der Waals surface area contributed by atoms with Crippen LogP contribution in [0.1, 0.15) is 31.0 Å². The number of benzene rings is 1. The van der Waals surface area contributed by atoms with Crippen molar-refractivity contribution in [1.82, 2.24) is 10.2 Å². The highest BCUT2D eigenvalue weighted by molar-refractivity contribution is 5.77. The number of carbonyl (C=O) groups is 1. The third-order valence-electron chi connectivity index (χ3n) is 3.64. The Bertz CT molecular complexity index is 453. The quantitative estimate of drug-likeness (QED) is 0.871. The van der Waals surface area contributed by atoms with Crippen LogP contribution in [0.15, 0.2) is 24.3 Å². The summed E-state index contributed by atoms with van der Waals surface area (Å²) in [5.41, 5.74) is 8.08. The maximum atomic E-state index is 12.0. The second kappa shape index (κ2) is 5.21. The summed E-state index contributed by atoms with van der Waals surface area (Å²) in [6.45, 7) is 8.21. The Morgan fingerprint density at radius 3 is 2.58 bits per heavy atom. The van der Waals surface area contributed by atoms with Gasteiger partial charge in [-0.2, -0.15) is 0 Å². The van der Waals surface area contributed by atoms with Gasteiger partial charge in [0.25, 0.3) is 0 Å². The van der Waals surface area contributed by atoms with E-state index < -0.39 is 0 Å². The molecule has 0 bridgehead atoms. The number of nitrogens with two attached hydrogens (primary N) is 1. The fourth-order valence-electron chi connectivity index (χ4n) is 2.29. The number of nitrogens with one attached hydrogen (secondary N) is 1. The van der Waals surface area contributed by atoms with Gasteiger partial charge in [-0.05, 0) is 24.4 Å². The second-order valence-corrected chi connectivity index (χ2v) is 6.16. The van der Waals surface area contributed by atoms with Gasteiger partial charge in [-0.25, -0.2) is 4.79 Å². The van der Waals surface area contributed by atoms with E-state index in [1.807, 2.05) is 4.90 Å². The van der Waals surface area contributed by atoms with Gasteiger partial charge >= 0.3 is 6.03 Å². The minimum Gasteiger partial charge on any atom is -0.330 e. The molecule has 0 aromatic heterocycles. The summed E-state index contributed by atoms with van der Waals surface area (Å²) < 4.78 is 0. The Morgan fingerprint density at radius 2 is 2.00 bits per heavy atom. The lowest BCUT2D eigenvalue weighted by Gasteiger charge is -2.28. The second-order valence-electron chi connectivity index (χ2n) is 6.16. The molecule has 0 spiro atoms. The van der Waals surface area contributed by atoms with Crippen molar-refractivity contribution in [3.8, 4) is 0 Å². The molecular formula is C15H23N3O. The lowest BCUT2D eigenvalue weighted by Crippen LogP contribution is -2.40. The highest BCUT2D eigenvalue weighted by Gasteiger charge is 2.32. The van der Waals surface area contributed by atoms with Crippen molar-refractivity contribution < 1.29 is 4.79 Å². The SMILES string of the molecule is Cc1ccc(C2CN(CC(C)(C)CN)C(=O)N2)cc1. The van der Waals surface area contributed by atoms with Crippen LogP contribution in [0.4, 0.5) is 4.79 Å². The molecule has 1 aliphatic rings. The van der Waals surface area contributed by atoms with Gasteiger partial charge in [0.1, 0.15) is 0 Å². The van der Waals surface area contributed by atoms with Gasteiger partial charge < -0.3 is 16.0 Å². The number of hydrogen-bond acceptors (Lipinski definition) is 2. The van der Waals surface area contributed by atoms with E-state index in [0.29, 0.717) is 19.6 Å². The highest BCUT2D eigenvalue weighted by atomic mass is 16.2. The molecule has 104 valence electrons. The minimum absolute atomic E-state index is 0.00657. The van der Waals surface area contributed by atoms with Crippen molar-refractivity contribution in [3.05, 3.63) is 35.4 Å². The van der Waals surface area contributed by atoms with Crippen molar-refractivity contribution in [2.75, 3.05) is 19.6 Å². The first-order valence-electron chi connectivity index (χ1n) is 6.73. The van der Waals surface area contributed by atoms with Gasteiger partial charge in [0.15, 0.2) is 0 Å². The molecule has 0 aliphatic carbocycles.